The Morgan fingerprint density at radius 1 is 0.720 bits per heavy atom. The van der Waals surface area contributed by atoms with Gasteiger partial charge in [-0.05, 0) is 18.6 Å². The predicted molar refractivity (Wildman–Crippen MR) is 105 cm³/mol. The van der Waals surface area contributed by atoms with E-state index >= 15 is 0 Å². The van der Waals surface area contributed by atoms with Crippen LogP contribution >= 0.6 is 0 Å². The SMILES string of the molecule is CCCCCCCCCCCCCC(N)=O.NC(=O)c1ccccc1. The normalized spacial score (nSPS) is 9.96. The number of carbonyl (C=O) groups is 2. The number of primary amides is 2. The summed E-state index contributed by atoms with van der Waals surface area (Å²) in [7, 11) is 0. The van der Waals surface area contributed by atoms with Crippen LogP contribution < -0.4 is 11.5 Å². The Hall–Kier alpha value is -1.84. The van der Waals surface area contributed by atoms with E-state index in [2.05, 4.69) is 6.92 Å². The number of rotatable bonds is 13. The molecular weight excluding hydrogens is 312 g/mol. The molecule has 4 N–H and O–H groups in total. The Morgan fingerprint density at radius 2 is 1.16 bits per heavy atom. The van der Waals surface area contributed by atoms with Gasteiger partial charge in [0.1, 0.15) is 0 Å². The fourth-order valence-corrected chi connectivity index (χ4v) is 2.57. The van der Waals surface area contributed by atoms with Crippen LogP contribution in [0.25, 0.3) is 0 Å². The molecule has 0 aliphatic carbocycles. The minimum atomic E-state index is -0.379. The summed E-state index contributed by atoms with van der Waals surface area (Å²) in [5.41, 5.74) is 10.6. The molecular formula is C21H36N2O2. The van der Waals surface area contributed by atoms with Crippen molar-refractivity contribution in [1.29, 1.82) is 0 Å². The number of hydrogen-bond acceptors (Lipinski definition) is 2. The van der Waals surface area contributed by atoms with Crippen LogP contribution in [0, 0.1) is 0 Å². The molecule has 0 atom stereocenters. The smallest absolute Gasteiger partial charge is 0.248 e. The fourth-order valence-electron chi connectivity index (χ4n) is 2.57. The monoisotopic (exact) mass is 348 g/mol. The van der Waals surface area contributed by atoms with E-state index in [0.29, 0.717) is 12.0 Å². The molecule has 4 heteroatoms. The molecule has 1 rings (SSSR count). The number of nitrogens with two attached hydrogens (primary N) is 2. The zero-order valence-electron chi connectivity index (χ0n) is 15.8. The van der Waals surface area contributed by atoms with Crippen molar-refractivity contribution in [3.8, 4) is 0 Å². The molecule has 0 saturated carbocycles. The molecule has 4 nitrogen and oxygen atoms in total. The Balaban J connectivity index is 0.000000535. The van der Waals surface area contributed by atoms with Gasteiger partial charge in [0.15, 0.2) is 0 Å². The summed E-state index contributed by atoms with van der Waals surface area (Å²) in [4.78, 5) is 20.9. The summed E-state index contributed by atoms with van der Waals surface area (Å²) in [5.74, 6) is -0.536. The third-order valence-corrected chi connectivity index (χ3v) is 4.09. The van der Waals surface area contributed by atoms with Gasteiger partial charge in [-0.2, -0.15) is 0 Å². The first-order valence-electron chi connectivity index (χ1n) is 9.71. The Morgan fingerprint density at radius 3 is 1.52 bits per heavy atom. The third kappa shape index (κ3) is 16.8. The third-order valence-electron chi connectivity index (χ3n) is 4.09. The van der Waals surface area contributed by atoms with Gasteiger partial charge in [0.2, 0.25) is 11.8 Å². The van der Waals surface area contributed by atoms with Crippen molar-refractivity contribution < 1.29 is 9.59 Å². The first-order valence-corrected chi connectivity index (χ1v) is 9.71. The lowest BCUT2D eigenvalue weighted by Gasteiger charge is -2.01. The molecule has 0 aliphatic heterocycles. The van der Waals surface area contributed by atoms with Crippen LogP contribution in [-0.4, -0.2) is 11.8 Å². The first-order chi connectivity index (χ1) is 12.1. The molecule has 0 aromatic heterocycles. The Bertz CT molecular complexity index is 446. The van der Waals surface area contributed by atoms with E-state index < -0.39 is 0 Å². The molecule has 1 aromatic carbocycles. The van der Waals surface area contributed by atoms with Gasteiger partial charge in [-0.25, -0.2) is 0 Å². The van der Waals surface area contributed by atoms with Gasteiger partial charge in [-0.3, -0.25) is 9.59 Å². The van der Waals surface area contributed by atoms with Crippen molar-refractivity contribution in [2.75, 3.05) is 0 Å². The number of amides is 2. The van der Waals surface area contributed by atoms with Crippen LogP contribution in [-0.2, 0) is 4.79 Å². The largest absolute Gasteiger partial charge is 0.370 e. The number of hydrogen-bond donors (Lipinski definition) is 2. The molecule has 2 amide bonds. The van der Waals surface area contributed by atoms with Crippen molar-refractivity contribution >= 4 is 11.8 Å². The maximum absolute atomic E-state index is 10.5. The lowest BCUT2D eigenvalue weighted by molar-refractivity contribution is -0.118. The fraction of sp³-hybridized carbons (Fsp3) is 0.619. The molecule has 0 spiro atoms. The molecule has 0 radical (unpaired) electrons. The first kappa shape index (κ1) is 23.2. The molecule has 0 heterocycles. The van der Waals surface area contributed by atoms with Gasteiger partial charge in [0.05, 0.1) is 0 Å². The second-order valence-electron chi connectivity index (χ2n) is 6.48. The zero-order valence-corrected chi connectivity index (χ0v) is 15.8. The standard InChI is InChI=1S/C14H29NO.C7H7NO/c1-2-3-4-5-6-7-8-9-10-11-12-13-14(15)16;8-7(9)6-4-2-1-3-5-6/h2-13H2,1H3,(H2,15,16);1-5H,(H2,8,9). The van der Waals surface area contributed by atoms with E-state index in [-0.39, 0.29) is 11.8 Å². The Kier molecular flexibility index (Phi) is 15.7. The van der Waals surface area contributed by atoms with Gasteiger partial charge in [0.25, 0.3) is 0 Å². The second kappa shape index (κ2) is 17.0. The second-order valence-corrected chi connectivity index (χ2v) is 6.48. The number of carbonyl (C=O) groups excluding carboxylic acids is 2. The highest BCUT2D eigenvalue weighted by atomic mass is 16.1. The summed E-state index contributed by atoms with van der Waals surface area (Å²) in [6, 6.07) is 8.76. The van der Waals surface area contributed by atoms with E-state index in [0.717, 1.165) is 6.42 Å². The van der Waals surface area contributed by atoms with E-state index in [9.17, 15) is 9.59 Å². The number of unbranched alkanes of at least 4 members (excludes halogenated alkanes) is 10. The van der Waals surface area contributed by atoms with Crippen molar-refractivity contribution in [2.45, 2.75) is 84.0 Å². The summed E-state index contributed by atoms with van der Waals surface area (Å²) < 4.78 is 0. The maximum Gasteiger partial charge on any atom is 0.248 e. The van der Waals surface area contributed by atoms with Crippen molar-refractivity contribution in [2.24, 2.45) is 11.5 Å². The van der Waals surface area contributed by atoms with Crippen LogP contribution in [0.3, 0.4) is 0 Å². The molecule has 0 unspecified atom stereocenters. The van der Waals surface area contributed by atoms with Gasteiger partial charge in [-0.15, -0.1) is 0 Å². The topological polar surface area (TPSA) is 86.2 Å². The van der Waals surface area contributed by atoms with Crippen LogP contribution in [0.5, 0.6) is 0 Å². The molecule has 1 aromatic rings. The summed E-state index contributed by atoms with van der Waals surface area (Å²) in [6.45, 7) is 2.26. The number of benzene rings is 1. The Labute approximate surface area is 153 Å². The molecule has 0 aliphatic rings. The van der Waals surface area contributed by atoms with Gasteiger partial charge >= 0.3 is 0 Å². The summed E-state index contributed by atoms with van der Waals surface area (Å²) >= 11 is 0. The minimum Gasteiger partial charge on any atom is -0.370 e. The molecule has 25 heavy (non-hydrogen) atoms. The maximum atomic E-state index is 10.5. The highest BCUT2D eigenvalue weighted by Gasteiger charge is 1.95. The highest BCUT2D eigenvalue weighted by Crippen LogP contribution is 2.11. The van der Waals surface area contributed by atoms with E-state index in [1.165, 1.54) is 64.2 Å². The van der Waals surface area contributed by atoms with Crippen LogP contribution in [0.15, 0.2) is 30.3 Å². The van der Waals surface area contributed by atoms with E-state index in [1.807, 2.05) is 6.07 Å². The van der Waals surface area contributed by atoms with Gasteiger partial charge in [-0.1, -0.05) is 89.3 Å². The zero-order chi connectivity index (χ0) is 18.8. The minimum absolute atomic E-state index is 0.157. The molecule has 0 saturated heterocycles. The van der Waals surface area contributed by atoms with Gasteiger partial charge < -0.3 is 11.5 Å². The summed E-state index contributed by atoms with van der Waals surface area (Å²) in [6.07, 6.45) is 15.0. The average Bonchev–Trinajstić information content (AvgIpc) is 2.61. The lowest BCUT2D eigenvalue weighted by Crippen LogP contribution is -2.09. The molecule has 142 valence electrons. The van der Waals surface area contributed by atoms with Gasteiger partial charge in [0, 0.05) is 12.0 Å². The summed E-state index contributed by atoms with van der Waals surface area (Å²) in [5, 5.41) is 0. The van der Waals surface area contributed by atoms with Crippen LogP contribution in [0.2, 0.25) is 0 Å². The molecule has 0 bridgehead atoms. The van der Waals surface area contributed by atoms with Crippen LogP contribution in [0.1, 0.15) is 94.3 Å². The van der Waals surface area contributed by atoms with Crippen LogP contribution in [0.4, 0.5) is 0 Å². The molecule has 0 fully saturated rings. The highest BCUT2D eigenvalue weighted by molar-refractivity contribution is 5.92. The van der Waals surface area contributed by atoms with Crippen molar-refractivity contribution in [3.05, 3.63) is 35.9 Å². The van der Waals surface area contributed by atoms with E-state index in [4.69, 9.17) is 11.5 Å². The van der Waals surface area contributed by atoms with E-state index in [1.54, 1.807) is 24.3 Å². The predicted octanol–water partition coefficient (Wildman–Crippen LogP) is 4.96. The average molecular weight is 349 g/mol. The van der Waals surface area contributed by atoms with Crippen molar-refractivity contribution in [3.63, 3.8) is 0 Å². The lowest BCUT2D eigenvalue weighted by atomic mass is 10.1. The van der Waals surface area contributed by atoms with Crippen molar-refractivity contribution in [1.82, 2.24) is 0 Å². The quantitative estimate of drug-likeness (QED) is 0.494.